The average Bonchev–Trinajstić information content (AvgIpc) is 2.86. The number of unbranched alkanes of at least 4 members (excludes halogenated alkanes) is 3. The molecule has 8 heteroatoms. The van der Waals surface area contributed by atoms with E-state index in [9.17, 15) is 14.9 Å². The van der Waals surface area contributed by atoms with E-state index in [-0.39, 0.29) is 11.4 Å². The maximum absolute atomic E-state index is 12.7. The first kappa shape index (κ1) is 21.4. The molecule has 1 N–H and O–H groups in total. The van der Waals surface area contributed by atoms with Crippen molar-refractivity contribution in [2.75, 3.05) is 11.9 Å². The smallest absolute Gasteiger partial charge is 0.283 e. The Balaban J connectivity index is 2.10. The van der Waals surface area contributed by atoms with Crippen LogP contribution in [0.25, 0.3) is 0 Å². The summed E-state index contributed by atoms with van der Waals surface area (Å²) in [5, 5.41) is 14.4. The second kappa shape index (κ2) is 9.96. The number of nitro groups is 1. The number of nitrogens with one attached hydrogen (secondary N) is 1. The first-order valence-corrected chi connectivity index (χ1v) is 10.1. The molecule has 1 aliphatic heterocycles. The standard InChI is InChI=1S/C22H21ClN4O3/c1-2-3-4-7-12-24-14-20-22(28)26-19-11-10-15(27(29)30)13-17(19)21(25-20)16-8-5-6-9-18(16)23/h5-6,8-11,13H,2-4,7,12H2,1H3,(H,26,28). The topological polar surface area (TPSA) is 97.0 Å². The number of rotatable bonds is 7. The molecule has 0 fully saturated rings. The Bertz CT molecular complexity index is 1070. The van der Waals surface area contributed by atoms with E-state index in [2.05, 4.69) is 28.1 Å². The van der Waals surface area contributed by atoms with E-state index in [0.717, 1.165) is 25.7 Å². The van der Waals surface area contributed by atoms with Crippen molar-refractivity contribution in [2.45, 2.75) is 32.6 Å². The SMILES string of the molecule is CCCCCCN=C=C1N=C(c2ccccc2Cl)c2cc([N+](=O)[O-])ccc2NC1=O. The van der Waals surface area contributed by atoms with Crippen LogP contribution in [-0.2, 0) is 4.79 Å². The van der Waals surface area contributed by atoms with Crippen LogP contribution in [0.1, 0.15) is 43.7 Å². The number of non-ortho nitro benzene ring substituents is 1. The number of hydrogen-bond acceptors (Lipinski definition) is 5. The normalized spacial score (nSPS) is 12.9. The van der Waals surface area contributed by atoms with Gasteiger partial charge in [0.15, 0.2) is 5.70 Å². The molecule has 154 valence electrons. The summed E-state index contributed by atoms with van der Waals surface area (Å²) in [5.74, 6) is 2.26. The molecule has 1 amide bonds. The molecule has 1 aliphatic rings. The molecule has 0 spiro atoms. The lowest BCUT2D eigenvalue weighted by Gasteiger charge is -2.10. The predicted molar refractivity (Wildman–Crippen MR) is 119 cm³/mol. The van der Waals surface area contributed by atoms with Gasteiger partial charge in [-0.15, -0.1) is 0 Å². The third-order valence-electron chi connectivity index (χ3n) is 4.59. The molecule has 0 aromatic heterocycles. The van der Waals surface area contributed by atoms with Crippen molar-refractivity contribution in [3.05, 3.63) is 74.4 Å². The molecular weight excluding hydrogens is 404 g/mol. The van der Waals surface area contributed by atoms with E-state index in [1.54, 1.807) is 24.3 Å². The minimum Gasteiger partial charge on any atom is -0.319 e. The lowest BCUT2D eigenvalue weighted by Crippen LogP contribution is -2.13. The highest BCUT2D eigenvalue weighted by Gasteiger charge is 2.25. The van der Waals surface area contributed by atoms with Crippen LogP contribution in [0.3, 0.4) is 0 Å². The number of benzene rings is 2. The van der Waals surface area contributed by atoms with Gasteiger partial charge in [-0.05, 0) is 18.6 Å². The van der Waals surface area contributed by atoms with E-state index in [4.69, 9.17) is 11.6 Å². The molecule has 3 rings (SSSR count). The number of anilines is 1. The summed E-state index contributed by atoms with van der Waals surface area (Å²) in [6.07, 6.45) is 4.23. The van der Waals surface area contributed by atoms with Gasteiger partial charge in [-0.1, -0.05) is 56.0 Å². The monoisotopic (exact) mass is 424 g/mol. The van der Waals surface area contributed by atoms with Gasteiger partial charge in [0.1, 0.15) is 0 Å². The zero-order chi connectivity index (χ0) is 21.5. The van der Waals surface area contributed by atoms with E-state index in [0.29, 0.717) is 34.1 Å². The summed E-state index contributed by atoms with van der Waals surface area (Å²) in [6.45, 7) is 2.68. The fourth-order valence-electron chi connectivity index (χ4n) is 3.04. The maximum Gasteiger partial charge on any atom is 0.283 e. The highest BCUT2D eigenvalue weighted by molar-refractivity contribution is 6.36. The van der Waals surface area contributed by atoms with Gasteiger partial charge in [0.05, 0.1) is 16.3 Å². The van der Waals surface area contributed by atoms with E-state index >= 15 is 0 Å². The number of fused-ring (bicyclic) bond motifs is 1. The number of benzodiazepines with no additional fused rings is 1. The van der Waals surface area contributed by atoms with Crippen LogP contribution in [0.2, 0.25) is 5.02 Å². The van der Waals surface area contributed by atoms with Gasteiger partial charge in [0.25, 0.3) is 11.6 Å². The molecule has 1 heterocycles. The number of nitro benzene ring substituents is 1. The molecule has 2 aromatic rings. The van der Waals surface area contributed by atoms with Crippen LogP contribution in [0.15, 0.2) is 58.1 Å². The number of hydrogen-bond donors (Lipinski definition) is 1. The zero-order valence-electron chi connectivity index (χ0n) is 16.5. The van der Waals surface area contributed by atoms with Crippen molar-refractivity contribution in [1.29, 1.82) is 0 Å². The number of carbonyl (C=O) groups is 1. The molecule has 0 saturated heterocycles. The van der Waals surface area contributed by atoms with Gasteiger partial charge in [-0.25, -0.2) is 9.98 Å². The van der Waals surface area contributed by atoms with Gasteiger partial charge < -0.3 is 5.32 Å². The van der Waals surface area contributed by atoms with Gasteiger partial charge in [-0.2, -0.15) is 0 Å². The molecule has 0 bridgehead atoms. The van der Waals surface area contributed by atoms with Gasteiger partial charge in [0, 0.05) is 40.7 Å². The molecule has 30 heavy (non-hydrogen) atoms. The van der Waals surface area contributed by atoms with Crippen molar-refractivity contribution in [3.8, 4) is 0 Å². The first-order chi connectivity index (χ1) is 14.5. The Kier molecular flexibility index (Phi) is 7.12. The van der Waals surface area contributed by atoms with Crippen molar-refractivity contribution in [3.63, 3.8) is 0 Å². The fourth-order valence-corrected chi connectivity index (χ4v) is 3.26. The lowest BCUT2D eigenvalue weighted by molar-refractivity contribution is -0.384. The largest absolute Gasteiger partial charge is 0.319 e. The fraction of sp³-hybridized carbons (Fsp3) is 0.273. The van der Waals surface area contributed by atoms with E-state index < -0.39 is 10.8 Å². The Morgan fingerprint density at radius 2 is 1.97 bits per heavy atom. The van der Waals surface area contributed by atoms with E-state index in [1.165, 1.54) is 18.2 Å². The Morgan fingerprint density at radius 1 is 1.17 bits per heavy atom. The molecule has 0 radical (unpaired) electrons. The Labute approximate surface area is 179 Å². The van der Waals surface area contributed by atoms with Crippen LogP contribution in [0.4, 0.5) is 11.4 Å². The zero-order valence-corrected chi connectivity index (χ0v) is 17.3. The summed E-state index contributed by atoms with van der Waals surface area (Å²) in [4.78, 5) is 32.2. The average molecular weight is 425 g/mol. The maximum atomic E-state index is 12.7. The number of amides is 1. The summed E-state index contributed by atoms with van der Waals surface area (Å²) < 4.78 is 0. The van der Waals surface area contributed by atoms with Crippen molar-refractivity contribution >= 4 is 40.5 Å². The van der Waals surface area contributed by atoms with Crippen molar-refractivity contribution in [1.82, 2.24) is 0 Å². The molecular formula is C22H21ClN4O3. The number of nitrogens with zero attached hydrogens (tertiary/aromatic N) is 3. The molecule has 0 atom stereocenters. The summed E-state index contributed by atoms with van der Waals surface area (Å²) in [6, 6.07) is 11.2. The van der Waals surface area contributed by atoms with Crippen LogP contribution in [0.5, 0.6) is 0 Å². The van der Waals surface area contributed by atoms with Crippen LogP contribution in [0, 0.1) is 10.1 Å². The summed E-state index contributed by atoms with van der Waals surface area (Å²) >= 11 is 6.37. The molecule has 0 saturated carbocycles. The van der Waals surface area contributed by atoms with Crippen LogP contribution >= 0.6 is 11.6 Å². The van der Waals surface area contributed by atoms with Crippen molar-refractivity contribution < 1.29 is 9.72 Å². The minimum absolute atomic E-state index is 0.000681. The number of carbonyl (C=O) groups excluding carboxylic acids is 1. The minimum atomic E-state index is -0.494. The van der Waals surface area contributed by atoms with Crippen LogP contribution < -0.4 is 5.32 Å². The van der Waals surface area contributed by atoms with Gasteiger partial charge in [-0.3, -0.25) is 14.9 Å². The van der Waals surface area contributed by atoms with Crippen LogP contribution in [-0.4, -0.2) is 29.0 Å². The van der Waals surface area contributed by atoms with Gasteiger partial charge in [0.2, 0.25) is 0 Å². The number of aliphatic imine (C=N–C) groups is 2. The first-order valence-electron chi connectivity index (χ1n) is 9.74. The molecule has 7 nitrogen and oxygen atoms in total. The predicted octanol–water partition coefficient (Wildman–Crippen LogP) is 5.17. The third-order valence-corrected chi connectivity index (χ3v) is 4.92. The lowest BCUT2D eigenvalue weighted by atomic mass is 10.00. The quantitative estimate of drug-likeness (QED) is 0.218. The van der Waals surface area contributed by atoms with Crippen molar-refractivity contribution in [2.24, 2.45) is 9.98 Å². The Hall–Kier alpha value is -3.28. The van der Waals surface area contributed by atoms with Gasteiger partial charge >= 0.3 is 0 Å². The molecule has 2 aromatic carbocycles. The second-order valence-electron chi connectivity index (χ2n) is 6.78. The molecule has 0 unspecified atom stereocenters. The summed E-state index contributed by atoms with van der Waals surface area (Å²) in [7, 11) is 0. The molecule has 0 aliphatic carbocycles. The van der Waals surface area contributed by atoms with E-state index in [1.807, 2.05) is 0 Å². The Morgan fingerprint density at radius 3 is 2.70 bits per heavy atom. The highest BCUT2D eigenvalue weighted by Crippen LogP contribution is 2.30. The highest BCUT2D eigenvalue weighted by atomic mass is 35.5. The number of halogens is 1. The second-order valence-corrected chi connectivity index (χ2v) is 7.19. The summed E-state index contributed by atoms with van der Waals surface area (Å²) in [5.41, 5.74) is 1.61. The third kappa shape index (κ3) is 5.00.